The van der Waals surface area contributed by atoms with Crippen LogP contribution in [0.1, 0.15) is 32.6 Å². The van der Waals surface area contributed by atoms with Crippen LogP contribution in [0.25, 0.3) is 0 Å². The van der Waals surface area contributed by atoms with E-state index < -0.39 is 0 Å². The minimum absolute atomic E-state index is 0.150. The van der Waals surface area contributed by atoms with E-state index in [1.807, 2.05) is 0 Å². The Kier molecular flexibility index (Phi) is 2.58. The van der Waals surface area contributed by atoms with Crippen LogP contribution in [-0.4, -0.2) is 30.2 Å². The van der Waals surface area contributed by atoms with Crippen molar-refractivity contribution in [2.45, 2.75) is 44.5 Å². The lowest BCUT2D eigenvalue weighted by Crippen LogP contribution is -2.42. The van der Waals surface area contributed by atoms with Crippen molar-refractivity contribution in [3.05, 3.63) is 0 Å². The number of aliphatic hydroxyl groups excluding tert-OH is 1. The number of rotatable bonds is 1. The van der Waals surface area contributed by atoms with Crippen LogP contribution in [0.4, 0.5) is 0 Å². The molecule has 3 heteroatoms. The average molecular weight is 186 g/mol. The van der Waals surface area contributed by atoms with Crippen LogP contribution in [0, 0.1) is 5.92 Å². The second-order valence-electron chi connectivity index (χ2n) is 4.09. The molecule has 13 heavy (non-hydrogen) atoms. The molecular formula is C10H18O3. The molecule has 3 nitrogen and oxygen atoms in total. The van der Waals surface area contributed by atoms with Crippen LogP contribution in [-0.2, 0) is 9.47 Å². The quantitative estimate of drug-likeness (QED) is 0.671. The lowest BCUT2D eigenvalue weighted by atomic mass is 9.81. The van der Waals surface area contributed by atoms with Crippen molar-refractivity contribution in [3.8, 4) is 0 Å². The van der Waals surface area contributed by atoms with E-state index in [0.717, 1.165) is 25.7 Å². The minimum Gasteiger partial charge on any atom is -0.393 e. The molecule has 2 fully saturated rings. The fraction of sp³-hybridized carbons (Fsp3) is 1.00. The van der Waals surface area contributed by atoms with Crippen molar-refractivity contribution >= 4 is 0 Å². The summed E-state index contributed by atoms with van der Waals surface area (Å²) < 4.78 is 11.3. The second-order valence-corrected chi connectivity index (χ2v) is 4.09. The molecule has 0 aromatic carbocycles. The molecule has 1 saturated heterocycles. The molecular weight excluding hydrogens is 168 g/mol. The summed E-state index contributed by atoms with van der Waals surface area (Å²) in [5.41, 5.74) is 0. The molecule has 76 valence electrons. The third kappa shape index (κ3) is 1.73. The van der Waals surface area contributed by atoms with Crippen LogP contribution in [0.15, 0.2) is 0 Å². The van der Waals surface area contributed by atoms with E-state index in [1.54, 1.807) is 0 Å². The molecule has 2 aliphatic rings. The number of ether oxygens (including phenoxy) is 2. The Hall–Kier alpha value is -0.120. The largest absolute Gasteiger partial charge is 0.393 e. The topological polar surface area (TPSA) is 38.7 Å². The van der Waals surface area contributed by atoms with Crippen LogP contribution in [0.3, 0.4) is 0 Å². The molecule has 1 spiro atoms. The standard InChI is InChI=1S/C10H18O3/c1-2-8-7-10(4-3-9(8)11)12-5-6-13-10/h8-9,11H,2-7H2,1H3/t8-,9+/m1/s1. The van der Waals surface area contributed by atoms with Gasteiger partial charge in [-0.05, 0) is 12.3 Å². The first kappa shape index (κ1) is 9.44. The lowest BCUT2D eigenvalue weighted by molar-refractivity contribution is -0.202. The van der Waals surface area contributed by atoms with Crippen molar-refractivity contribution in [2.24, 2.45) is 5.92 Å². The van der Waals surface area contributed by atoms with Gasteiger partial charge in [0.1, 0.15) is 0 Å². The summed E-state index contributed by atoms with van der Waals surface area (Å²) in [6, 6.07) is 0. The van der Waals surface area contributed by atoms with Crippen LogP contribution >= 0.6 is 0 Å². The average Bonchev–Trinajstić information content (AvgIpc) is 2.59. The summed E-state index contributed by atoms with van der Waals surface area (Å²) in [5, 5.41) is 9.70. The van der Waals surface area contributed by atoms with Crippen LogP contribution in [0.5, 0.6) is 0 Å². The predicted molar refractivity (Wildman–Crippen MR) is 48.3 cm³/mol. The molecule has 0 unspecified atom stereocenters. The van der Waals surface area contributed by atoms with E-state index in [1.165, 1.54) is 0 Å². The normalized spacial score (nSPS) is 38.3. The Morgan fingerprint density at radius 1 is 1.38 bits per heavy atom. The van der Waals surface area contributed by atoms with Crippen molar-refractivity contribution in [1.82, 2.24) is 0 Å². The lowest BCUT2D eigenvalue weighted by Gasteiger charge is -2.38. The van der Waals surface area contributed by atoms with Gasteiger partial charge in [-0.15, -0.1) is 0 Å². The first-order chi connectivity index (χ1) is 6.26. The Labute approximate surface area is 79.0 Å². The summed E-state index contributed by atoms with van der Waals surface area (Å²) in [6.07, 6.45) is 3.40. The van der Waals surface area contributed by atoms with Gasteiger partial charge in [0.05, 0.1) is 19.3 Å². The van der Waals surface area contributed by atoms with Crippen molar-refractivity contribution in [1.29, 1.82) is 0 Å². The molecule has 1 N–H and O–H groups in total. The van der Waals surface area contributed by atoms with E-state index in [2.05, 4.69) is 6.92 Å². The van der Waals surface area contributed by atoms with Gasteiger partial charge in [0.2, 0.25) is 0 Å². The van der Waals surface area contributed by atoms with Gasteiger partial charge >= 0.3 is 0 Å². The van der Waals surface area contributed by atoms with Gasteiger partial charge in [-0.25, -0.2) is 0 Å². The molecule has 0 bridgehead atoms. The minimum atomic E-state index is -0.333. The fourth-order valence-electron chi connectivity index (χ4n) is 2.42. The van der Waals surface area contributed by atoms with Gasteiger partial charge in [-0.1, -0.05) is 13.3 Å². The highest BCUT2D eigenvalue weighted by atomic mass is 16.7. The Morgan fingerprint density at radius 3 is 2.69 bits per heavy atom. The summed E-state index contributed by atoms with van der Waals surface area (Å²) in [5.74, 6) is 0.0201. The van der Waals surface area contributed by atoms with Gasteiger partial charge < -0.3 is 14.6 Å². The van der Waals surface area contributed by atoms with Crippen LogP contribution in [0.2, 0.25) is 0 Å². The zero-order chi connectivity index (χ0) is 9.31. The molecule has 0 radical (unpaired) electrons. The summed E-state index contributed by atoms with van der Waals surface area (Å²) in [7, 11) is 0. The fourth-order valence-corrected chi connectivity index (χ4v) is 2.42. The summed E-state index contributed by atoms with van der Waals surface area (Å²) in [6.45, 7) is 3.54. The van der Waals surface area contributed by atoms with E-state index in [4.69, 9.17) is 9.47 Å². The maximum Gasteiger partial charge on any atom is 0.168 e. The molecule has 1 heterocycles. The molecule has 0 aromatic rings. The molecule has 2 rings (SSSR count). The van der Waals surface area contributed by atoms with E-state index in [9.17, 15) is 5.11 Å². The smallest absolute Gasteiger partial charge is 0.168 e. The van der Waals surface area contributed by atoms with Crippen molar-refractivity contribution < 1.29 is 14.6 Å². The Morgan fingerprint density at radius 2 is 2.08 bits per heavy atom. The molecule has 0 aromatic heterocycles. The third-order valence-corrected chi connectivity index (χ3v) is 3.28. The van der Waals surface area contributed by atoms with Gasteiger partial charge in [-0.2, -0.15) is 0 Å². The summed E-state index contributed by atoms with van der Waals surface area (Å²) in [4.78, 5) is 0. The molecule has 1 aliphatic carbocycles. The monoisotopic (exact) mass is 186 g/mol. The number of aliphatic hydroxyl groups is 1. The van der Waals surface area contributed by atoms with E-state index in [0.29, 0.717) is 19.1 Å². The zero-order valence-electron chi connectivity index (χ0n) is 8.16. The van der Waals surface area contributed by atoms with Crippen molar-refractivity contribution in [2.75, 3.05) is 13.2 Å². The zero-order valence-corrected chi connectivity index (χ0v) is 8.16. The van der Waals surface area contributed by atoms with Crippen LogP contribution < -0.4 is 0 Å². The van der Waals surface area contributed by atoms with Gasteiger partial charge in [0.25, 0.3) is 0 Å². The van der Waals surface area contributed by atoms with Crippen molar-refractivity contribution in [3.63, 3.8) is 0 Å². The van der Waals surface area contributed by atoms with E-state index in [-0.39, 0.29) is 11.9 Å². The molecule has 2 atom stereocenters. The third-order valence-electron chi connectivity index (χ3n) is 3.28. The Bertz CT molecular complexity index is 175. The molecule has 1 saturated carbocycles. The highest BCUT2D eigenvalue weighted by Crippen LogP contribution is 2.39. The first-order valence-electron chi connectivity index (χ1n) is 5.22. The predicted octanol–water partition coefficient (Wildman–Crippen LogP) is 1.30. The SMILES string of the molecule is CC[C@@H]1CC2(CC[C@@H]1O)OCCO2. The number of hydrogen-bond acceptors (Lipinski definition) is 3. The highest BCUT2D eigenvalue weighted by Gasteiger charge is 2.43. The maximum atomic E-state index is 9.70. The first-order valence-corrected chi connectivity index (χ1v) is 5.22. The molecule has 0 amide bonds. The van der Waals surface area contributed by atoms with Gasteiger partial charge in [-0.3, -0.25) is 0 Å². The summed E-state index contributed by atoms with van der Waals surface area (Å²) >= 11 is 0. The Balaban J connectivity index is 2.01. The second kappa shape index (κ2) is 3.56. The van der Waals surface area contributed by atoms with Gasteiger partial charge in [0.15, 0.2) is 5.79 Å². The van der Waals surface area contributed by atoms with E-state index >= 15 is 0 Å². The number of hydrogen-bond donors (Lipinski definition) is 1. The molecule has 1 aliphatic heterocycles. The van der Waals surface area contributed by atoms with Gasteiger partial charge in [0, 0.05) is 12.8 Å². The maximum absolute atomic E-state index is 9.70. The highest BCUT2D eigenvalue weighted by molar-refractivity contribution is 4.87.